The van der Waals surface area contributed by atoms with E-state index in [0.717, 1.165) is 24.9 Å². The van der Waals surface area contributed by atoms with Crippen molar-refractivity contribution in [2.24, 2.45) is 5.73 Å². The molecule has 0 aliphatic carbocycles. The van der Waals surface area contributed by atoms with Crippen LogP contribution in [0.25, 0.3) is 0 Å². The zero-order valence-corrected chi connectivity index (χ0v) is 9.52. The molecule has 4 heteroatoms. The van der Waals surface area contributed by atoms with Gasteiger partial charge >= 0.3 is 0 Å². The normalized spacial score (nSPS) is 20.1. The molecule has 1 amide bonds. The first-order chi connectivity index (χ1) is 7.74. The van der Waals surface area contributed by atoms with Crippen molar-refractivity contribution in [2.45, 2.75) is 25.8 Å². The molecule has 1 aliphatic heterocycles. The third-order valence-electron chi connectivity index (χ3n) is 3.12. The smallest absolute Gasteiger partial charge is 0.273 e. The minimum atomic E-state index is 0.0195. The molecule has 86 valence electrons. The molecule has 1 saturated heterocycles. The Bertz CT molecular complexity index is 392. The lowest BCUT2D eigenvalue weighted by Gasteiger charge is -2.23. The minimum absolute atomic E-state index is 0.0195. The van der Waals surface area contributed by atoms with Crippen molar-refractivity contribution in [3.63, 3.8) is 0 Å². The fraction of sp³-hybridized carbons (Fsp3) is 0.500. The topological polar surface area (TPSA) is 59.2 Å². The van der Waals surface area contributed by atoms with Gasteiger partial charge in [0, 0.05) is 25.3 Å². The van der Waals surface area contributed by atoms with Gasteiger partial charge in [-0.05, 0) is 31.4 Å². The zero-order valence-electron chi connectivity index (χ0n) is 9.52. The quantitative estimate of drug-likeness (QED) is 0.805. The lowest BCUT2D eigenvalue weighted by atomic mass is 10.2. The van der Waals surface area contributed by atoms with Gasteiger partial charge in [0.2, 0.25) is 0 Å². The standard InChI is InChI=1S/C12H17N3O/c1-9-4-2-6-14-11(9)12(16)15-7-3-5-10(15)8-13/h2,4,6,10H,3,5,7-8,13H2,1H3. The van der Waals surface area contributed by atoms with Gasteiger partial charge in [0.1, 0.15) is 5.69 Å². The third-order valence-corrected chi connectivity index (χ3v) is 3.12. The predicted molar refractivity (Wildman–Crippen MR) is 62.1 cm³/mol. The molecular formula is C12H17N3O. The first-order valence-electron chi connectivity index (χ1n) is 5.66. The van der Waals surface area contributed by atoms with E-state index in [1.807, 2.05) is 24.0 Å². The second kappa shape index (κ2) is 4.61. The average molecular weight is 219 g/mol. The van der Waals surface area contributed by atoms with E-state index in [1.165, 1.54) is 0 Å². The number of aromatic nitrogens is 1. The molecule has 1 unspecified atom stereocenters. The maximum Gasteiger partial charge on any atom is 0.273 e. The van der Waals surface area contributed by atoms with Gasteiger partial charge in [-0.2, -0.15) is 0 Å². The van der Waals surface area contributed by atoms with E-state index in [0.29, 0.717) is 12.2 Å². The van der Waals surface area contributed by atoms with Crippen molar-refractivity contribution < 1.29 is 4.79 Å². The van der Waals surface area contributed by atoms with Gasteiger partial charge in [-0.3, -0.25) is 9.78 Å². The summed E-state index contributed by atoms with van der Waals surface area (Å²) >= 11 is 0. The monoisotopic (exact) mass is 219 g/mol. The van der Waals surface area contributed by atoms with Crippen LogP contribution >= 0.6 is 0 Å². The highest BCUT2D eigenvalue weighted by atomic mass is 16.2. The summed E-state index contributed by atoms with van der Waals surface area (Å²) in [5.74, 6) is 0.0195. The van der Waals surface area contributed by atoms with Crippen molar-refractivity contribution in [1.82, 2.24) is 9.88 Å². The number of aryl methyl sites for hydroxylation is 1. The highest BCUT2D eigenvalue weighted by Gasteiger charge is 2.29. The fourth-order valence-electron chi connectivity index (χ4n) is 2.19. The molecule has 4 nitrogen and oxygen atoms in total. The molecule has 2 heterocycles. The summed E-state index contributed by atoms with van der Waals surface area (Å²) in [6, 6.07) is 3.94. The van der Waals surface area contributed by atoms with Crippen molar-refractivity contribution in [3.8, 4) is 0 Å². The van der Waals surface area contributed by atoms with Crippen LogP contribution in [0.3, 0.4) is 0 Å². The Kier molecular flexibility index (Phi) is 3.19. The second-order valence-electron chi connectivity index (χ2n) is 4.20. The SMILES string of the molecule is Cc1cccnc1C(=O)N1CCCC1CN. The van der Waals surface area contributed by atoms with Gasteiger partial charge in [-0.15, -0.1) is 0 Å². The number of carbonyl (C=O) groups is 1. The summed E-state index contributed by atoms with van der Waals surface area (Å²) in [6.45, 7) is 3.25. The molecular weight excluding hydrogens is 202 g/mol. The largest absolute Gasteiger partial charge is 0.333 e. The van der Waals surface area contributed by atoms with E-state index in [1.54, 1.807) is 6.20 Å². The maximum absolute atomic E-state index is 12.2. The van der Waals surface area contributed by atoms with E-state index in [2.05, 4.69) is 4.98 Å². The van der Waals surface area contributed by atoms with Gasteiger partial charge in [-0.1, -0.05) is 6.07 Å². The number of likely N-dealkylation sites (tertiary alicyclic amines) is 1. The fourth-order valence-corrected chi connectivity index (χ4v) is 2.19. The van der Waals surface area contributed by atoms with Crippen LogP contribution in [0.15, 0.2) is 18.3 Å². The van der Waals surface area contributed by atoms with Gasteiger partial charge in [0.05, 0.1) is 0 Å². The highest BCUT2D eigenvalue weighted by Crippen LogP contribution is 2.19. The van der Waals surface area contributed by atoms with Crippen molar-refractivity contribution in [1.29, 1.82) is 0 Å². The van der Waals surface area contributed by atoms with Gasteiger partial charge in [-0.25, -0.2) is 0 Å². The average Bonchev–Trinajstić information content (AvgIpc) is 2.77. The number of nitrogens with two attached hydrogens (primary N) is 1. The molecule has 0 bridgehead atoms. The molecule has 1 fully saturated rings. The number of pyridine rings is 1. The molecule has 16 heavy (non-hydrogen) atoms. The molecule has 0 saturated carbocycles. The molecule has 0 aromatic carbocycles. The number of nitrogens with zero attached hydrogens (tertiary/aromatic N) is 2. The summed E-state index contributed by atoms with van der Waals surface area (Å²) in [7, 11) is 0. The molecule has 1 aromatic rings. The Hall–Kier alpha value is -1.42. The number of hydrogen-bond donors (Lipinski definition) is 1. The van der Waals surface area contributed by atoms with Gasteiger partial charge in [0.15, 0.2) is 0 Å². The first kappa shape index (κ1) is 11.1. The number of carbonyl (C=O) groups excluding carboxylic acids is 1. The third kappa shape index (κ3) is 1.93. The molecule has 0 radical (unpaired) electrons. The molecule has 2 rings (SSSR count). The van der Waals surface area contributed by atoms with E-state index >= 15 is 0 Å². The van der Waals surface area contributed by atoms with Crippen molar-refractivity contribution in [2.75, 3.05) is 13.1 Å². The van der Waals surface area contributed by atoms with Crippen molar-refractivity contribution >= 4 is 5.91 Å². The van der Waals surface area contributed by atoms with Crippen LogP contribution in [0.1, 0.15) is 28.9 Å². The lowest BCUT2D eigenvalue weighted by molar-refractivity contribution is 0.0734. The minimum Gasteiger partial charge on any atom is -0.333 e. The Labute approximate surface area is 95.5 Å². The number of hydrogen-bond acceptors (Lipinski definition) is 3. The zero-order chi connectivity index (χ0) is 11.5. The van der Waals surface area contributed by atoms with Crippen LogP contribution in [0.4, 0.5) is 0 Å². The summed E-state index contributed by atoms with van der Waals surface area (Å²) in [6.07, 6.45) is 3.71. The van der Waals surface area contributed by atoms with E-state index in [4.69, 9.17) is 5.73 Å². The summed E-state index contributed by atoms with van der Waals surface area (Å²) < 4.78 is 0. The molecule has 1 aliphatic rings. The Balaban J connectivity index is 2.22. The lowest BCUT2D eigenvalue weighted by Crippen LogP contribution is -2.40. The molecule has 2 N–H and O–H groups in total. The Morgan fingerprint density at radius 3 is 3.19 bits per heavy atom. The highest BCUT2D eigenvalue weighted by molar-refractivity contribution is 5.94. The van der Waals surface area contributed by atoms with E-state index in [-0.39, 0.29) is 11.9 Å². The first-order valence-corrected chi connectivity index (χ1v) is 5.66. The number of rotatable bonds is 2. The van der Waals surface area contributed by atoms with Crippen LogP contribution in [0.2, 0.25) is 0 Å². The number of amides is 1. The second-order valence-corrected chi connectivity index (χ2v) is 4.20. The Morgan fingerprint density at radius 2 is 2.50 bits per heavy atom. The van der Waals surface area contributed by atoms with E-state index < -0.39 is 0 Å². The predicted octanol–water partition coefficient (Wildman–Crippen LogP) is 0.953. The maximum atomic E-state index is 12.2. The summed E-state index contributed by atoms with van der Waals surface area (Å²) in [5, 5.41) is 0. The van der Waals surface area contributed by atoms with Crippen LogP contribution in [0, 0.1) is 6.92 Å². The molecule has 1 atom stereocenters. The van der Waals surface area contributed by atoms with Gasteiger partial charge < -0.3 is 10.6 Å². The van der Waals surface area contributed by atoms with Crippen LogP contribution in [0.5, 0.6) is 0 Å². The van der Waals surface area contributed by atoms with E-state index in [9.17, 15) is 4.79 Å². The van der Waals surface area contributed by atoms with Gasteiger partial charge in [0.25, 0.3) is 5.91 Å². The summed E-state index contributed by atoms with van der Waals surface area (Å²) in [5.41, 5.74) is 7.15. The molecule has 0 spiro atoms. The molecule has 1 aromatic heterocycles. The van der Waals surface area contributed by atoms with Crippen LogP contribution in [-0.2, 0) is 0 Å². The summed E-state index contributed by atoms with van der Waals surface area (Å²) in [4.78, 5) is 18.3. The van der Waals surface area contributed by atoms with Crippen LogP contribution < -0.4 is 5.73 Å². The van der Waals surface area contributed by atoms with Crippen LogP contribution in [-0.4, -0.2) is 34.9 Å². The Morgan fingerprint density at radius 1 is 1.69 bits per heavy atom. The van der Waals surface area contributed by atoms with Crippen molar-refractivity contribution in [3.05, 3.63) is 29.6 Å².